The number of hydrogen-bond donors (Lipinski definition) is 1. The molecule has 180 valence electrons. The molecule has 2 amide bonds. The van der Waals surface area contributed by atoms with Crippen LogP contribution in [0.1, 0.15) is 22.3 Å². The van der Waals surface area contributed by atoms with Gasteiger partial charge in [-0.1, -0.05) is 72.3 Å². The summed E-state index contributed by atoms with van der Waals surface area (Å²) in [5, 5.41) is 2.78. The van der Waals surface area contributed by atoms with Crippen LogP contribution in [0.4, 0.5) is 15.8 Å². The minimum atomic E-state index is -0.361. The van der Waals surface area contributed by atoms with Gasteiger partial charge >= 0.3 is 0 Å². The lowest BCUT2D eigenvalue weighted by atomic mass is 10.1. The highest BCUT2D eigenvalue weighted by atomic mass is 19.1. The number of carbonyl (C=O) groups excluding carboxylic acids is 2. The highest BCUT2D eigenvalue weighted by Crippen LogP contribution is 2.21. The van der Waals surface area contributed by atoms with E-state index in [0.717, 1.165) is 22.3 Å². The average Bonchev–Trinajstić information content (AvgIpc) is 2.89. The third kappa shape index (κ3) is 7.00. The molecule has 4 aromatic rings. The highest BCUT2D eigenvalue weighted by Gasteiger charge is 2.15. The van der Waals surface area contributed by atoms with Crippen LogP contribution in [0, 0.1) is 12.7 Å². The molecule has 0 spiro atoms. The van der Waals surface area contributed by atoms with Crippen LogP contribution in [0.2, 0.25) is 0 Å². The molecule has 0 bridgehead atoms. The van der Waals surface area contributed by atoms with Gasteiger partial charge in [-0.2, -0.15) is 0 Å². The molecule has 1 N–H and O–H groups in total. The van der Waals surface area contributed by atoms with Crippen LogP contribution in [0.3, 0.4) is 0 Å². The summed E-state index contributed by atoms with van der Waals surface area (Å²) in [6.45, 7) is 2.42. The molecule has 0 aliphatic rings. The van der Waals surface area contributed by atoms with Crippen molar-refractivity contribution in [3.63, 3.8) is 0 Å². The van der Waals surface area contributed by atoms with E-state index in [2.05, 4.69) is 5.32 Å². The van der Waals surface area contributed by atoms with Crippen LogP contribution in [0.5, 0.6) is 0 Å². The first-order chi connectivity index (χ1) is 17.5. The van der Waals surface area contributed by atoms with Gasteiger partial charge in [-0.05, 0) is 66.1 Å². The lowest BCUT2D eigenvalue weighted by molar-refractivity contribution is -0.115. The van der Waals surface area contributed by atoms with Gasteiger partial charge in [0.15, 0.2) is 0 Å². The number of amides is 2. The van der Waals surface area contributed by atoms with Crippen molar-refractivity contribution >= 4 is 29.3 Å². The normalized spacial score (nSPS) is 10.8. The number of anilines is 2. The first-order valence-electron chi connectivity index (χ1n) is 11.7. The Morgan fingerprint density at radius 2 is 1.56 bits per heavy atom. The second-order valence-corrected chi connectivity index (χ2v) is 8.56. The van der Waals surface area contributed by atoms with Gasteiger partial charge in [-0.25, -0.2) is 4.39 Å². The number of benzene rings is 4. The van der Waals surface area contributed by atoms with E-state index >= 15 is 0 Å². The van der Waals surface area contributed by atoms with Gasteiger partial charge in [0.25, 0.3) is 5.91 Å². The summed E-state index contributed by atoms with van der Waals surface area (Å²) >= 11 is 0. The fourth-order valence-electron chi connectivity index (χ4n) is 3.75. The van der Waals surface area contributed by atoms with Crippen molar-refractivity contribution in [3.05, 3.63) is 137 Å². The predicted molar refractivity (Wildman–Crippen MR) is 143 cm³/mol. The maximum absolute atomic E-state index is 13.3. The monoisotopic (exact) mass is 478 g/mol. The number of nitrogens with zero attached hydrogens (tertiary/aromatic N) is 1. The first-order valence-corrected chi connectivity index (χ1v) is 11.7. The van der Waals surface area contributed by atoms with E-state index in [1.165, 1.54) is 24.3 Å². The Hall–Kier alpha value is -4.51. The molecule has 4 nitrogen and oxygen atoms in total. The van der Waals surface area contributed by atoms with E-state index in [1.807, 2.05) is 85.8 Å². The zero-order valence-corrected chi connectivity index (χ0v) is 20.0. The van der Waals surface area contributed by atoms with E-state index in [-0.39, 0.29) is 24.1 Å². The maximum atomic E-state index is 13.3. The summed E-state index contributed by atoms with van der Waals surface area (Å²) < 4.78 is 13.1. The largest absolute Gasteiger partial charge is 0.326 e. The van der Waals surface area contributed by atoms with Crippen molar-refractivity contribution in [2.45, 2.75) is 19.9 Å². The quantitative estimate of drug-likeness (QED) is 0.292. The van der Waals surface area contributed by atoms with Gasteiger partial charge in [-0.15, -0.1) is 0 Å². The fourth-order valence-corrected chi connectivity index (χ4v) is 3.75. The average molecular weight is 479 g/mol. The van der Waals surface area contributed by atoms with Gasteiger partial charge in [0, 0.05) is 17.5 Å². The van der Waals surface area contributed by atoms with Gasteiger partial charge in [0.2, 0.25) is 5.91 Å². The van der Waals surface area contributed by atoms with E-state index in [1.54, 1.807) is 17.1 Å². The summed E-state index contributed by atoms with van der Waals surface area (Å²) in [7, 11) is 0. The minimum absolute atomic E-state index is 0.123. The van der Waals surface area contributed by atoms with Gasteiger partial charge in [0.05, 0.1) is 13.0 Å². The lowest BCUT2D eigenvalue weighted by Crippen LogP contribution is -2.29. The molecule has 0 unspecified atom stereocenters. The molecule has 0 fully saturated rings. The van der Waals surface area contributed by atoms with Crippen molar-refractivity contribution in [1.29, 1.82) is 0 Å². The van der Waals surface area contributed by atoms with Gasteiger partial charge in [0.1, 0.15) is 5.82 Å². The van der Waals surface area contributed by atoms with Crippen molar-refractivity contribution in [2.24, 2.45) is 0 Å². The van der Waals surface area contributed by atoms with Crippen LogP contribution in [-0.2, 0) is 22.6 Å². The molecule has 0 saturated carbocycles. The number of halogens is 1. The number of aryl methyl sites for hydroxylation is 1. The molecular weight excluding hydrogens is 451 g/mol. The topological polar surface area (TPSA) is 49.4 Å². The number of carbonyl (C=O) groups is 2. The Kier molecular flexibility index (Phi) is 8.04. The molecule has 0 heterocycles. The van der Waals surface area contributed by atoms with E-state index in [9.17, 15) is 14.0 Å². The minimum Gasteiger partial charge on any atom is -0.326 e. The van der Waals surface area contributed by atoms with E-state index in [0.29, 0.717) is 17.9 Å². The van der Waals surface area contributed by atoms with Crippen LogP contribution < -0.4 is 10.2 Å². The van der Waals surface area contributed by atoms with Crippen molar-refractivity contribution in [2.75, 3.05) is 10.2 Å². The summed E-state index contributed by atoms with van der Waals surface area (Å²) in [6.07, 6.45) is 3.49. The molecule has 0 aliphatic carbocycles. The summed E-state index contributed by atoms with van der Waals surface area (Å²) in [5.41, 5.74) is 5.08. The Morgan fingerprint density at radius 3 is 2.28 bits per heavy atom. The molecule has 36 heavy (non-hydrogen) atoms. The maximum Gasteiger partial charge on any atom is 0.251 e. The molecule has 0 radical (unpaired) electrons. The zero-order valence-electron chi connectivity index (χ0n) is 20.0. The lowest BCUT2D eigenvalue weighted by Gasteiger charge is -2.22. The van der Waals surface area contributed by atoms with Crippen LogP contribution >= 0.6 is 0 Å². The van der Waals surface area contributed by atoms with Crippen LogP contribution in [-0.4, -0.2) is 11.8 Å². The molecule has 0 saturated heterocycles. The summed E-state index contributed by atoms with van der Waals surface area (Å²) in [4.78, 5) is 27.6. The molecule has 5 heteroatoms. The Balaban J connectivity index is 1.55. The third-order valence-corrected chi connectivity index (χ3v) is 5.66. The fraction of sp³-hybridized carbons (Fsp3) is 0.0968. The van der Waals surface area contributed by atoms with Gasteiger partial charge in [-0.3, -0.25) is 9.59 Å². The standard InChI is InChI=1S/C31H27FN2O2/c1-23-10-12-25(13-11-23)22-34(31(36)19-14-24-6-3-2-4-7-24)29-9-5-8-26(20-29)21-30(35)33-28-17-15-27(32)16-18-28/h2-20H,21-22H2,1H3,(H,33,35)/b19-14+. The first kappa shape index (κ1) is 24.6. The second kappa shape index (κ2) is 11.8. The Morgan fingerprint density at radius 1 is 0.833 bits per heavy atom. The number of hydrogen-bond acceptors (Lipinski definition) is 2. The van der Waals surface area contributed by atoms with Crippen molar-refractivity contribution in [1.82, 2.24) is 0 Å². The smallest absolute Gasteiger partial charge is 0.251 e. The molecule has 4 aromatic carbocycles. The van der Waals surface area contributed by atoms with Crippen molar-refractivity contribution < 1.29 is 14.0 Å². The SMILES string of the molecule is Cc1ccc(CN(C(=O)/C=C/c2ccccc2)c2cccc(CC(=O)Nc3ccc(F)cc3)c2)cc1. The van der Waals surface area contributed by atoms with Crippen LogP contribution in [0.25, 0.3) is 6.08 Å². The number of rotatable bonds is 8. The van der Waals surface area contributed by atoms with Crippen LogP contribution in [0.15, 0.2) is 109 Å². The predicted octanol–water partition coefficient (Wildman–Crippen LogP) is 6.56. The molecule has 4 rings (SSSR count). The molecular formula is C31H27FN2O2. The molecule has 0 aliphatic heterocycles. The number of nitrogens with one attached hydrogen (secondary N) is 1. The van der Waals surface area contributed by atoms with Gasteiger partial charge < -0.3 is 10.2 Å². The van der Waals surface area contributed by atoms with E-state index < -0.39 is 0 Å². The van der Waals surface area contributed by atoms with Crippen molar-refractivity contribution in [3.8, 4) is 0 Å². The molecule has 0 aromatic heterocycles. The van der Waals surface area contributed by atoms with E-state index in [4.69, 9.17) is 0 Å². The summed E-state index contributed by atoms with van der Waals surface area (Å²) in [5.74, 6) is -0.744. The second-order valence-electron chi connectivity index (χ2n) is 8.56. The summed E-state index contributed by atoms with van der Waals surface area (Å²) in [6, 6.07) is 30.8. The highest BCUT2D eigenvalue weighted by molar-refractivity contribution is 6.04. The molecule has 0 atom stereocenters. The Labute approximate surface area is 210 Å². The zero-order chi connectivity index (χ0) is 25.3. The third-order valence-electron chi connectivity index (χ3n) is 5.66. The Bertz CT molecular complexity index is 1350.